The Bertz CT molecular complexity index is 521. The minimum Gasteiger partial charge on any atom is -0.511 e. The summed E-state index contributed by atoms with van der Waals surface area (Å²) < 4.78 is 0. The molecule has 0 fully saturated rings. The number of aromatic nitrogens is 1. The molecule has 1 amide bonds. The monoisotopic (exact) mass is 309 g/mol. The van der Waals surface area contributed by atoms with Gasteiger partial charge in [-0.15, -0.1) is 0 Å². The van der Waals surface area contributed by atoms with Gasteiger partial charge in [-0.05, 0) is 12.1 Å². The van der Waals surface area contributed by atoms with Crippen molar-refractivity contribution in [3.8, 4) is 0 Å². The van der Waals surface area contributed by atoms with Gasteiger partial charge in [0.25, 0.3) is 0 Å². The number of carbonyl (C=O) groups is 1. The number of aliphatic hydroxyl groups excluding tert-OH is 1. The number of rotatable bonds is 7. The second-order valence-corrected chi connectivity index (χ2v) is 5.08. The van der Waals surface area contributed by atoms with Gasteiger partial charge >= 0.3 is 0 Å². The number of hydrogen-bond acceptors (Lipinski definition) is 6. The third kappa shape index (κ3) is 5.84. The second kappa shape index (κ2) is 8.98. The van der Waals surface area contributed by atoms with Gasteiger partial charge in [0.05, 0.1) is 11.7 Å². The van der Waals surface area contributed by atoms with Crippen LogP contribution in [-0.2, 0) is 17.0 Å². The Labute approximate surface area is 127 Å². The highest BCUT2D eigenvalue weighted by Gasteiger charge is 2.12. The maximum atomic E-state index is 10.5. The number of nitrogens with one attached hydrogen (secondary N) is 2. The summed E-state index contributed by atoms with van der Waals surface area (Å²) in [5, 5.41) is 12.5. The minimum absolute atomic E-state index is 0.101. The molecule has 5 N–H and O–H groups in total. The smallest absolute Gasteiger partial charge is 0.207 e. The van der Waals surface area contributed by atoms with E-state index in [1.165, 1.54) is 11.8 Å². The van der Waals surface area contributed by atoms with Crippen molar-refractivity contribution in [2.24, 2.45) is 10.8 Å². The molecule has 0 aliphatic carbocycles. The van der Waals surface area contributed by atoms with Gasteiger partial charge in [-0.2, -0.15) is 0 Å². The van der Waals surface area contributed by atoms with Crippen LogP contribution in [0.2, 0.25) is 0 Å². The molecular formula is C13H19N5O2S. The molecule has 0 aliphatic rings. The van der Waals surface area contributed by atoms with E-state index in [-0.39, 0.29) is 5.76 Å². The molecule has 1 aromatic rings. The SMILES string of the molecule is C=C(O)C(Cc1cccc(CSC(=NC)NN)n1)NC=O. The molecule has 21 heavy (non-hydrogen) atoms. The summed E-state index contributed by atoms with van der Waals surface area (Å²) in [5.41, 5.74) is 4.09. The highest BCUT2D eigenvalue weighted by atomic mass is 32.2. The molecule has 1 rings (SSSR count). The standard InChI is InChI=1S/C13H19N5O2S/c1-9(20)12(16-8-19)6-10-4-3-5-11(17-10)7-21-13(15-2)18-14/h3-5,8,12,20H,1,6-7,14H2,2H3,(H,15,18)(H,16,19). The van der Waals surface area contributed by atoms with Crippen molar-refractivity contribution in [3.05, 3.63) is 41.9 Å². The fourth-order valence-corrected chi connectivity index (χ4v) is 2.26. The van der Waals surface area contributed by atoms with E-state index in [1.54, 1.807) is 7.05 Å². The number of pyridine rings is 1. The normalized spacial score (nSPS) is 12.6. The van der Waals surface area contributed by atoms with Crippen molar-refractivity contribution >= 4 is 23.3 Å². The third-order valence-corrected chi connectivity index (χ3v) is 3.65. The Kier molecular flexibility index (Phi) is 7.27. The van der Waals surface area contributed by atoms with Crippen LogP contribution in [0, 0.1) is 0 Å². The summed E-state index contributed by atoms with van der Waals surface area (Å²) in [4.78, 5) is 18.9. The molecule has 8 heteroatoms. The average molecular weight is 309 g/mol. The maximum absolute atomic E-state index is 10.5. The zero-order valence-corrected chi connectivity index (χ0v) is 12.6. The van der Waals surface area contributed by atoms with Crippen molar-refractivity contribution in [1.29, 1.82) is 0 Å². The first-order valence-corrected chi connectivity index (χ1v) is 7.17. The lowest BCUT2D eigenvalue weighted by Crippen LogP contribution is -2.31. The molecule has 1 heterocycles. The first-order chi connectivity index (χ1) is 10.1. The first-order valence-electron chi connectivity index (χ1n) is 6.19. The first kappa shape index (κ1) is 17.0. The predicted molar refractivity (Wildman–Crippen MR) is 84.7 cm³/mol. The highest BCUT2D eigenvalue weighted by molar-refractivity contribution is 8.13. The van der Waals surface area contributed by atoms with Crippen molar-refractivity contribution in [1.82, 2.24) is 15.7 Å². The second-order valence-electron chi connectivity index (χ2n) is 4.11. The van der Waals surface area contributed by atoms with Crippen LogP contribution in [-0.4, -0.2) is 34.8 Å². The molecule has 0 spiro atoms. The van der Waals surface area contributed by atoms with E-state index in [9.17, 15) is 9.90 Å². The van der Waals surface area contributed by atoms with E-state index in [4.69, 9.17) is 5.84 Å². The van der Waals surface area contributed by atoms with E-state index >= 15 is 0 Å². The van der Waals surface area contributed by atoms with Crippen LogP contribution in [0.15, 0.2) is 35.5 Å². The van der Waals surface area contributed by atoms with Crippen molar-refractivity contribution in [3.63, 3.8) is 0 Å². The van der Waals surface area contributed by atoms with Gasteiger partial charge < -0.3 is 15.8 Å². The Morgan fingerprint density at radius 3 is 2.90 bits per heavy atom. The number of hydrogen-bond donors (Lipinski definition) is 4. The number of carbonyl (C=O) groups excluding carboxylic acids is 1. The molecule has 114 valence electrons. The van der Waals surface area contributed by atoms with Gasteiger partial charge in [0.1, 0.15) is 5.76 Å². The van der Waals surface area contributed by atoms with E-state index in [2.05, 4.69) is 27.3 Å². The number of amidine groups is 1. The van der Waals surface area contributed by atoms with Gasteiger partial charge in [0.2, 0.25) is 6.41 Å². The Morgan fingerprint density at radius 2 is 2.33 bits per heavy atom. The fourth-order valence-electron chi connectivity index (χ4n) is 1.60. The van der Waals surface area contributed by atoms with Gasteiger partial charge in [-0.3, -0.25) is 14.8 Å². The maximum Gasteiger partial charge on any atom is 0.207 e. The molecule has 0 saturated heterocycles. The van der Waals surface area contributed by atoms with Gasteiger partial charge in [-0.25, -0.2) is 5.84 Å². The molecule has 0 bridgehead atoms. The van der Waals surface area contributed by atoms with E-state index in [1.807, 2.05) is 18.2 Å². The van der Waals surface area contributed by atoms with Crippen LogP contribution in [0.3, 0.4) is 0 Å². The number of aliphatic imine (C=N–C) groups is 1. The summed E-state index contributed by atoms with van der Waals surface area (Å²) in [6.45, 7) is 3.44. The zero-order chi connectivity index (χ0) is 15.7. The van der Waals surface area contributed by atoms with E-state index < -0.39 is 6.04 Å². The van der Waals surface area contributed by atoms with Crippen LogP contribution in [0.5, 0.6) is 0 Å². The predicted octanol–water partition coefficient (Wildman–Crippen LogP) is 0.493. The summed E-state index contributed by atoms with van der Waals surface area (Å²) in [5.74, 6) is 5.82. The highest BCUT2D eigenvalue weighted by Crippen LogP contribution is 2.12. The van der Waals surface area contributed by atoms with Crippen molar-refractivity contribution < 1.29 is 9.90 Å². The fraction of sp³-hybridized carbons (Fsp3) is 0.308. The molecule has 0 aromatic carbocycles. The zero-order valence-electron chi connectivity index (χ0n) is 11.7. The number of amides is 1. The van der Waals surface area contributed by atoms with Crippen molar-refractivity contribution in [2.75, 3.05) is 7.05 Å². The van der Waals surface area contributed by atoms with Crippen LogP contribution in [0.4, 0.5) is 0 Å². The van der Waals surface area contributed by atoms with Crippen LogP contribution >= 0.6 is 11.8 Å². The molecule has 1 atom stereocenters. The van der Waals surface area contributed by atoms with Gasteiger partial charge in [0, 0.05) is 24.9 Å². The molecule has 0 aliphatic heterocycles. The summed E-state index contributed by atoms with van der Waals surface area (Å²) in [7, 11) is 1.65. The molecular weight excluding hydrogens is 290 g/mol. The van der Waals surface area contributed by atoms with Crippen molar-refractivity contribution in [2.45, 2.75) is 18.2 Å². The van der Waals surface area contributed by atoms with Gasteiger partial charge in [0.15, 0.2) is 5.17 Å². The van der Waals surface area contributed by atoms with Crippen LogP contribution in [0.1, 0.15) is 11.4 Å². The quantitative estimate of drug-likeness (QED) is 0.146. The molecule has 1 aromatic heterocycles. The van der Waals surface area contributed by atoms with Crippen LogP contribution in [0.25, 0.3) is 0 Å². The number of nitrogens with two attached hydrogens (primary N) is 1. The molecule has 1 unspecified atom stereocenters. The number of aliphatic hydroxyl groups is 1. The van der Waals surface area contributed by atoms with E-state index in [0.29, 0.717) is 23.8 Å². The number of thioether (sulfide) groups is 1. The van der Waals surface area contributed by atoms with Crippen LogP contribution < -0.4 is 16.6 Å². The Balaban J connectivity index is 2.71. The summed E-state index contributed by atoms with van der Waals surface area (Å²) in [6, 6.07) is 5.04. The third-order valence-electron chi connectivity index (χ3n) is 2.63. The largest absolute Gasteiger partial charge is 0.511 e. The lowest BCUT2D eigenvalue weighted by atomic mass is 10.1. The molecule has 0 radical (unpaired) electrons. The average Bonchev–Trinajstić information content (AvgIpc) is 2.48. The van der Waals surface area contributed by atoms with Gasteiger partial charge in [-0.1, -0.05) is 24.4 Å². The lowest BCUT2D eigenvalue weighted by Gasteiger charge is -2.14. The Morgan fingerprint density at radius 1 is 1.62 bits per heavy atom. The van der Waals surface area contributed by atoms with E-state index in [0.717, 1.165) is 11.4 Å². The summed E-state index contributed by atoms with van der Waals surface area (Å²) in [6.07, 6.45) is 0.902. The topological polar surface area (TPSA) is 113 Å². The molecule has 7 nitrogen and oxygen atoms in total. The number of nitrogens with zero attached hydrogens (tertiary/aromatic N) is 2. The lowest BCUT2D eigenvalue weighted by molar-refractivity contribution is -0.110. The Hall–Kier alpha value is -2.06. The molecule has 0 saturated carbocycles. The minimum atomic E-state index is -0.545. The number of hydrazine groups is 1. The summed E-state index contributed by atoms with van der Waals surface area (Å²) >= 11 is 1.43.